The summed E-state index contributed by atoms with van der Waals surface area (Å²) in [6, 6.07) is 2.12. The molecule has 0 radical (unpaired) electrons. The van der Waals surface area contributed by atoms with Crippen LogP contribution in [-0.4, -0.2) is 15.6 Å². The number of carbonyl (C=O) groups is 1. The smallest absolute Gasteiger partial charge is 0.132 e. The molecule has 0 aromatic carbocycles. The van der Waals surface area contributed by atoms with Gasteiger partial charge >= 0.3 is 0 Å². The lowest BCUT2D eigenvalue weighted by Crippen LogP contribution is -2.04. The molecule has 0 aliphatic carbocycles. The molecule has 3 nitrogen and oxygen atoms in total. The average molecular weight is 222 g/mol. The molecule has 0 fully saturated rings. The number of carbonyl (C=O) groups excluding carboxylic acids is 1. The maximum absolute atomic E-state index is 11.4. The summed E-state index contributed by atoms with van der Waals surface area (Å²) in [5.74, 6) is 0.391. The number of rotatable bonds is 7. The van der Waals surface area contributed by atoms with E-state index >= 15 is 0 Å². The van der Waals surface area contributed by atoms with Gasteiger partial charge in [0.2, 0.25) is 0 Å². The Morgan fingerprint density at radius 2 is 2.12 bits per heavy atom. The van der Waals surface area contributed by atoms with Crippen LogP contribution in [0.15, 0.2) is 6.07 Å². The van der Waals surface area contributed by atoms with Crippen molar-refractivity contribution in [2.24, 2.45) is 0 Å². The highest BCUT2D eigenvalue weighted by atomic mass is 16.1. The number of aryl methyl sites for hydroxylation is 3. The van der Waals surface area contributed by atoms with Crippen molar-refractivity contribution in [2.45, 2.75) is 59.4 Å². The second kappa shape index (κ2) is 6.46. The third kappa shape index (κ3) is 3.80. The van der Waals surface area contributed by atoms with Crippen LogP contribution in [0.3, 0.4) is 0 Å². The van der Waals surface area contributed by atoms with Gasteiger partial charge in [0.15, 0.2) is 0 Å². The first-order valence-corrected chi connectivity index (χ1v) is 6.22. The van der Waals surface area contributed by atoms with E-state index in [4.69, 9.17) is 0 Å². The van der Waals surface area contributed by atoms with Gasteiger partial charge in [-0.1, -0.05) is 6.92 Å². The molecule has 0 aliphatic rings. The number of ketones is 1. The van der Waals surface area contributed by atoms with Crippen LogP contribution in [0.5, 0.6) is 0 Å². The standard InChI is InChI=1S/C13H22N2O/c1-4-7-13(16)9-6-8-12-10-11(3)14-15(12)5-2/h10H,4-9H2,1-3H3. The Labute approximate surface area is 97.8 Å². The van der Waals surface area contributed by atoms with Crippen LogP contribution in [-0.2, 0) is 17.8 Å². The monoisotopic (exact) mass is 222 g/mol. The second-order valence-corrected chi connectivity index (χ2v) is 4.24. The van der Waals surface area contributed by atoms with E-state index in [-0.39, 0.29) is 0 Å². The molecule has 1 aromatic rings. The lowest BCUT2D eigenvalue weighted by Gasteiger charge is -2.03. The van der Waals surface area contributed by atoms with Gasteiger partial charge in [-0.25, -0.2) is 0 Å². The molecule has 16 heavy (non-hydrogen) atoms. The van der Waals surface area contributed by atoms with Crippen LogP contribution in [0.1, 0.15) is 50.9 Å². The minimum Gasteiger partial charge on any atom is -0.300 e. The van der Waals surface area contributed by atoms with Crippen LogP contribution < -0.4 is 0 Å². The van der Waals surface area contributed by atoms with Gasteiger partial charge < -0.3 is 0 Å². The molecule has 0 atom stereocenters. The van der Waals surface area contributed by atoms with Gasteiger partial charge in [0.25, 0.3) is 0 Å². The summed E-state index contributed by atoms with van der Waals surface area (Å²) in [7, 11) is 0. The highest BCUT2D eigenvalue weighted by Crippen LogP contribution is 2.09. The summed E-state index contributed by atoms with van der Waals surface area (Å²) in [6.45, 7) is 7.07. The van der Waals surface area contributed by atoms with Crippen molar-refractivity contribution in [3.8, 4) is 0 Å². The molecular weight excluding hydrogens is 200 g/mol. The fourth-order valence-corrected chi connectivity index (χ4v) is 1.94. The van der Waals surface area contributed by atoms with E-state index in [1.54, 1.807) is 0 Å². The summed E-state index contributed by atoms with van der Waals surface area (Å²) >= 11 is 0. The average Bonchev–Trinajstić information content (AvgIpc) is 2.59. The lowest BCUT2D eigenvalue weighted by atomic mass is 10.1. The SMILES string of the molecule is CCCC(=O)CCCc1cc(C)nn1CC. The highest BCUT2D eigenvalue weighted by molar-refractivity contribution is 5.78. The second-order valence-electron chi connectivity index (χ2n) is 4.24. The molecule has 1 heterocycles. The van der Waals surface area contributed by atoms with Gasteiger partial charge in [-0.2, -0.15) is 5.10 Å². The number of aromatic nitrogens is 2. The topological polar surface area (TPSA) is 34.9 Å². The molecule has 0 aliphatic heterocycles. The van der Waals surface area contributed by atoms with Crippen LogP contribution in [0, 0.1) is 6.92 Å². The third-order valence-electron chi connectivity index (χ3n) is 2.70. The zero-order chi connectivity index (χ0) is 12.0. The van der Waals surface area contributed by atoms with Gasteiger partial charge in [-0.3, -0.25) is 9.48 Å². The fraction of sp³-hybridized carbons (Fsp3) is 0.692. The predicted molar refractivity (Wildman–Crippen MR) is 65.5 cm³/mol. The molecule has 1 aromatic heterocycles. The van der Waals surface area contributed by atoms with Crippen molar-refractivity contribution >= 4 is 5.78 Å². The van der Waals surface area contributed by atoms with Crippen molar-refractivity contribution in [3.05, 3.63) is 17.5 Å². The Morgan fingerprint density at radius 3 is 2.75 bits per heavy atom. The Hall–Kier alpha value is -1.12. The van der Waals surface area contributed by atoms with Crippen molar-refractivity contribution < 1.29 is 4.79 Å². The van der Waals surface area contributed by atoms with Gasteiger partial charge in [0.1, 0.15) is 5.78 Å². The Morgan fingerprint density at radius 1 is 1.38 bits per heavy atom. The zero-order valence-electron chi connectivity index (χ0n) is 10.6. The lowest BCUT2D eigenvalue weighted by molar-refractivity contribution is -0.119. The Kier molecular flexibility index (Phi) is 5.23. The van der Waals surface area contributed by atoms with Crippen molar-refractivity contribution in [2.75, 3.05) is 0 Å². The summed E-state index contributed by atoms with van der Waals surface area (Å²) in [5, 5.41) is 4.39. The van der Waals surface area contributed by atoms with E-state index in [1.165, 1.54) is 5.69 Å². The minimum absolute atomic E-state index is 0.391. The summed E-state index contributed by atoms with van der Waals surface area (Å²) in [4.78, 5) is 11.4. The summed E-state index contributed by atoms with van der Waals surface area (Å²) < 4.78 is 2.03. The molecule has 3 heteroatoms. The summed E-state index contributed by atoms with van der Waals surface area (Å²) in [6.07, 6.45) is 4.31. The van der Waals surface area contributed by atoms with Crippen molar-refractivity contribution in [1.82, 2.24) is 9.78 Å². The maximum Gasteiger partial charge on any atom is 0.132 e. The largest absolute Gasteiger partial charge is 0.300 e. The quantitative estimate of drug-likeness (QED) is 0.711. The molecule has 0 unspecified atom stereocenters. The van der Waals surface area contributed by atoms with E-state index in [9.17, 15) is 4.79 Å². The Bertz CT molecular complexity index is 342. The predicted octanol–water partition coefficient (Wildman–Crippen LogP) is 2.90. The third-order valence-corrected chi connectivity index (χ3v) is 2.70. The first-order chi connectivity index (χ1) is 7.67. The molecule has 0 saturated heterocycles. The Balaban J connectivity index is 2.39. The van der Waals surface area contributed by atoms with Crippen molar-refractivity contribution in [1.29, 1.82) is 0 Å². The van der Waals surface area contributed by atoms with E-state index in [1.807, 2.05) is 18.5 Å². The summed E-state index contributed by atoms with van der Waals surface area (Å²) in [5.41, 5.74) is 2.32. The fourth-order valence-electron chi connectivity index (χ4n) is 1.94. The minimum atomic E-state index is 0.391. The molecule has 90 valence electrons. The van der Waals surface area contributed by atoms with E-state index in [2.05, 4.69) is 18.1 Å². The van der Waals surface area contributed by atoms with Gasteiger partial charge in [0.05, 0.1) is 5.69 Å². The number of Topliss-reactive ketones (excluding diaryl/α,β-unsaturated/α-hetero) is 1. The van der Waals surface area contributed by atoms with Gasteiger partial charge in [-0.05, 0) is 39.2 Å². The number of hydrogen-bond acceptors (Lipinski definition) is 2. The molecule has 0 bridgehead atoms. The van der Waals surface area contributed by atoms with Crippen molar-refractivity contribution in [3.63, 3.8) is 0 Å². The molecular formula is C13H22N2O. The van der Waals surface area contributed by atoms with E-state index in [0.717, 1.165) is 37.9 Å². The molecule has 0 spiro atoms. The normalized spacial score (nSPS) is 10.7. The van der Waals surface area contributed by atoms with Crippen LogP contribution in [0.25, 0.3) is 0 Å². The number of hydrogen-bond donors (Lipinski definition) is 0. The molecule has 0 amide bonds. The zero-order valence-corrected chi connectivity index (χ0v) is 10.6. The molecule has 1 rings (SSSR count). The highest BCUT2D eigenvalue weighted by Gasteiger charge is 2.05. The van der Waals surface area contributed by atoms with E-state index < -0.39 is 0 Å². The first-order valence-electron chi connectivity index (χ1n) is 6.22. The van der Waals surface area contributed by atoms with Crippen LogP contribution in [0.4, 0.5) is 0 Å². The van der Waals surface area contributed by atoms with Crippen LogP contribution in [0.2, 0.25) is 0 Å². The first kappa shape index (κ1) is 12.9. The number of nitrogens with zero attached hydrogens (tertiary/aromatic N) is 2. The molecule has 0 N–H and O–H groups in total. The molecule has 0 saturated carbocycles. The van der Waals surface area contributed by atoms with Gasteiger partial charge in [0, 0.05) is 25.1 Å². The van der Waals surface area contributed by atoms with E-state index in [0.29, 0.717) is 12.2 Å². The van der Waals surface area contributed by atoms with Gasteiger partial charge in [-0.15, -0.1) is 0 Å². The maximum atomic E-state index is 11.4. The van der Waals surface area contributed by atoms with Crippen LogP contribution >= 0.6 is 0 Å².